The Morgan fingerprint density at radius 3 is 2.61 bits per heavy atom. The highest BCUT2D eigenvalue weighted by Crippen LogP contribution is 2.23. The predicted octanol–water partition coefficient (Wildman–Crippen LogP) is 2.34. The van der Waals surface area contributed by atoms with Crippen LogP contribution in [0.2, 0.25) is 0 Å². The van der Waals surface area contributed by atoms with Gasteiger partial charge in [-0.15, -0.1) is 0 Å². The minimum Gasteiger partial charge on any atom is -0.341 e. The number of pyridine rings is 1. The SMILES string of the molecule is Cc1ccc(-c2ccnc(N3CCC(NCc4n[nH]c(C)n4)CC3)n2)c(C)n1. The molecule has 28 heavy (non-hydrogen) atoms. The molecule has 0 radical (unpaired) electrons. The molecule has 146 valence electrons. The number of anilines is 1. The summed E-state index contributed by atoms with van der Waals surface area (Å²) in [6.07, 6.45) is 3.93. The molecule has 1 saturated heterocycles. The van der Waals surface area contributed by atoms with E-state index in [1.165, 1.54) is 0 Å². The summed E-state index contributed by atoms with van der Waals surface area (Å²) in [4.78, 5) is 20.5. The molecule has 0 aliphatic carbocycles. The number of aromatic nitrogens is 6. The van der Waals surface area contributed by atoms with Gasteiger partial charge in [-0.2, -0.15) is 5.10 Å². The zero-order valence-electron chi connectivity index (χ0n) is 16.6. The standard InChI is InChI=1S/C20H26N8/c1-13-4-5-17(14(2)23-13)18-6-9-21-20(25-18)28-10-7-16(8-11-28)22-12-19-24-15(3)26-27-19/h4-6,9,16,22H,7-8,10-12H2,1-3H3,(H,24,26,27). The van der Waals surface area contributed by atoms with Crippen molar-refractivity contribution >= 4 is 5.95 Å². The zero-order chi connectivity index (χ0) is 19.5. The summed E-state index contributed by atoms with van der Waals surface area (Å²) in [6.45, 7) is 8.50. The fraction of sp³-hybridized carbons (Fsp3) is 0.450. The summed E-state index contributed by atoms with van der Waals surface area (Å²) in [5.41, 5.74) is 4.00. The minimum absolute atomic E-state index is 0.460. The van der Waals surface area contributed by atoms with Gasteiger partial charge in [0.2, 0.25) is 5.95 Å². The van der Waals surface area contributed by atoms with E-state index in [0.29, 0.717) is 12.6 Å². The van der Waals surface area contributed by atoms with Crippen LogP contribution in [0.3, 0.4) is 0 Å². The van der Waals surface area contributed by atoms with Gasteiger partial charge >= 0.3 is 0 Å². The largest absolute Gasteiger partial charge is 0.341 e. The first kappa shape index (κ1) is 18.5. The first-order valence-corrected chi connectivity index (χ1v) is 9.72. The van der Waals surface area contributed by atoms with E-state index in [9.17, 15) is 0 Å². The molecule has 8 heteroatoms. The van der Waals surface area contributed by atoms with Gasteiger partial charge in [-0.1, -0.05) is 0 Å². The van der Waals surface area contributed by atoms with Crippen LogP contribution < -0.4 is 10.2 Å². The average molecular weight is 378 g/mol. The van der Waals surface area contributed by atoms with Crippen molar-refractivity contribution in [3.8, 4) is 11.3 Å². The van der Waals surface area contributed by atoms with Crippen LogP contribution in [0.25, 0.3) is 11.3 Å². The third kappa shape index (κ3) is 4.17. The lowest BCUT2D eigenvalue weighted by Gasteiger charge is -2.32. The molecule has 0 amide bonds. The minimum atomic E-state index is 0.460. The van der Waals surface area contributed by atoms with Gasteiger partial charge in [-0.3, -0.25) is 10.1 Å². The van der Waals surface area contributed by atoms with Crippen molar-refractivity contribution in [3.05, 3.63) is 47.4 Å². The number of aryl methyl sites for hydroxylation is 3. The molecule has 0 bridgehead atoms. The van der Waals surface area contributed by atoms with Gasteiger partial charge < -0.3 is 10.2 Å². The summed E-state index contributed by atoms with van der Waals surface area (Å²) in [5, 5.41) is 10.6. The third-order valence-corrected chi connectivity index (χ3v) is 5.11. The molecule has 3 aromatic heterocycles. The van der Waals surface area contributed by atoms with Crippen LogP contribution >= 0.6 is 0 Å². The molecule has 0 aromatic carbocycles. The Balaban J connectivity index is 1.38. The second kappa shape index (κ2) is 8.02. The van der Waals surface area contributed by atoms with Crippen molar-refractivity contribution < 1.29 is 0 Å². The second-order valence-corrected chi connectivity index (χ2v) is 7.31. The molecular weight excluding hydrogens is 352 g/mol. The fourth-order valence-corrected chi connectivity index (χ4v) is 3.60. The normalized spacial score (nSPS) is 15.2. The van der Waals surface area contributed by atoms with Gasteiger partial charge in [-0.25, -0.2) is 15.0 Å². The van der Waals surface area contributed by atoms with Gasteiger partial charge in [0.15, 0.2) is 5.82 Å². The number of nitrogens with one attached hydrogen (secondary N) is 2. The summed E-state index contributed by atoms with van der Waals surface area (Å²) in [5.74, 6) is 2.46. The molecular formula is C20H26N8. The Hall–Kier alpha value is -2.87. The van der Waals surface area contributed by atoms with Gasteiger partial charge in [0.25, 0.3) is 0 Å². The molecule has 3 aromatic rings. The highest BCUT2D eigenvalue weighted by Gasteiger charge is 2.21. The van der Waals surface area contributed by atoms with Crippen LogP contribution in [-0.2, 0) is 6.54 Å². The molecule has 2 N–H and O–H groups in total. The number of hydrogen-bond donors (Lipinski definition) is 2. The Bertz CT molecular complexity index is 943. The summed E-state index contributed by atoms with van der Waals surface area (Å²) >= 11 is 0. The fourth-order valence-electron chi connectivity index (χ4n) is 3.60. The van der Waals surface area contributed by atoms with Crippen molar-refractivity contribution in [2.75, 3.05) is 18.0 Å². The molecule has 4 heterocycles. The quantitative estimate of drug-likeness (QED) is 0.703. The smallest absolute Gasteiger partial charge is 0.225 e. The topological polar surface area (TPSA) is 95.5 Å². The number of hydrogen-bond acceptors (Lipinski definition) is 7. The Morgan fingerprint density at radius 1 is 1.07 bits per heavy atom. The Labute approximate surface area is 164 Å². The lowest BCUT2D eigenvalue weighted by Crippen LogP contribution is -2.43. The van der Waals surface area contributed by atoms with E-state index in [4.69, 9.17) is 4.98 Å². The molecule has 4 rings (SSSR count). The molecule has 0 atom stereocenters. The lowest BCUT2D eigenvalue weighted by molar-refractivity contribution is 0.407. The van der Waals surface area contributed by atoms with Crippen LogP contribution in [0.1, 0.15) is 35.9 Å². The maximum absolute atomic E-state index is 4.81. The van der Waals surface area contributed by atoms with Gasteiger partial charge in [0.05, 0.1) is 12.2 Å². The number of rotatable bonds is 5. The summed E-state index contributed by atoms with van der Waals surface area (Å²) < 4.78 is 0. The third-order valence-electron chi connectivity index (χ3n) is 5.11. The van der Waals surface area contributed by atoms with E-state index < -0.39 is 0 Å². The number of aromatic amines is 1. The molecule has 0 spiro atoms. The Morgan fingerprint density at radius 2 is 1.89 bits per heavy atom. The van der Waals surface area contributed by atoms with E-state index in [-0.39, 0.29) is 0 Å². The van der Waals surface area contributed by atoms with Crippen molar-refractivity contribution in [1.29, 1.82) is 0 Å². The molecule has 1 fully saturated rings. The van der Waals surface area contributed by atoms with Crippen LogP contribution in [-0.4, -0.2) is 49.3 Å². The monoisotopic (exact) mass is 378 g/mol. The van der Waals surface area contributed by atoms with Crippen molar-refractivity contribution in [3.63, 3.8) is 0 Å². The summed E-state index contributed by atoms with van der Waals surface area (Å²) in [7, 11) is 0. The van der Waals surface area contributed by atoms with E-state index >= 15 is 0 Å². The molecule has 1 aliphatic rings. The molecule has 0 unspecified atom stereocenters. The van der Waals surface area contributed by atoms with Crippen LogP contribution in [0.4, 0.5) is 5.95 Å². The average Bonchev–Trinajstić information content (AvgIpc) is 3.12. The van der Waals surface area contributed by atoms with Crippen LogP contribution in [0.15, 0.2) is 24.4 Å². The number of piperidine rings is 1. The highest BCUT2D eigenvalue weighted by molar-refractivity contribution is 5.62. The lowest BCUT2D eigenvalue weighted by atomic mass is 10.1. The molecule has 0 saturated carbocycles. The maximum Gasteiger partial charge on any atom is 0.225 e. The first-order chi connectivity index (χ1) is 13.6. The summed E-state index contributed by atoms with van der Waals surface area (Å²) in [6, 6.07) is 6.53. The van der Waals surface area contributed by atoms with Gasteiger partial charge in [-0.05, 0) is 51.8 Å². The van der Waals surface area contributed by atoms with Crippen molar-refractivity contribution in [2.45, 2.75) is 46.2 Å². The molecule has 1 aliphatic heterocycles. The van der Waals surface area contributed by atoms with Gasteiger partial charge in [0.1, 0.15) is 5.82 Å². The Kier molecular flexibility index (Phi) is 5.29. The maximum atomic E-state index is 4.81. The first-order valence-electron chi connectivity index (χ1n) is 9.72. The van der Waals surface area contributed by atoms with Crippen LogP contribution in [0, 0.1) is 20.8 Å². The highest BCUT2D eigenvalue weighted by atomic mass is 15.3. The van der Waals surface area contributed by atoms with Crippen molar-refractivity contribution in [2.24, 2.45) is 0 Å². The van der Waals surface area contributed by atoms with E-state index in [0.717, 1.165) is 66.2 Å². The van der Waals surface area contributed by atoms with Crippen LogP contribution in [0.5, 0.6) is 0 Å². The second-order valence-electron chi connectivity index (χ2n) is 7.31. The van der Waals surface area contributed by atoms with E-state index in [1.54, 1.807) is 0 Å². The van der Waals surface area contributed by atoms with E-state index in [1.807, 2.05) is 39.1 Å². The van der Waals surface area contributed by atoms with Crippen molar-refractivity contribution in [1.82, 2.24) is 35.5 Å². The molecule has 8 nitrogen and oxygen atoms in total. The van der Waals surface area contributed by atoms with E-state index in [2.05, 4.69) is 41.4 Å². The number of nitrogens with zero attached hydrogens (tertiary/aromatic N) is 6. The van der Waals surface area contributed by atoms with Gasteiger partial charge in [0, 0.05) is 42.3 Å². The number of H-pyrrole nitrogens is 1. The zero-order valence-corrected chi connectivity index (χ0v) is 16.6. The predicted molar refractivity (Wildman–Crippen MR) is 108 cm³/mol.